The van der Waals surface area contributed by atoms with Gasteiger partial charge in [0.1, 0.15) is 5.82 Å². The second-order valence-corrected chi connectivity index (χ2v) is 6.69. The predicted octanol–water partition coefficient (Wildman–Crippen LogP) is 2.43. The van der Waals surface area contributed by atoms with Crippen molar-refractivity contribution in [1.82, 2.24) is 4.72 Å². The Morgan fingerprint density at radius 1 is 1.37 bits per heavy atom. The smallest absolute Gasteiger partial charge is 0.241 e. The van der Waals surface area contributed by atoms with Gasteiger partial charge in [0, 0.05) is 17.3 Å². The normalized spacial score (nSPS) is 13.8. The van der Waals surface area contributed by atoms with E-state index in [9.17, 15) is 12.8 Å². The predicted molar refractivity (Wildman–Crippen MR) is 74.8 cm³/mol. The fourth-order valence-electron chi connectivity index (χ4n) is 1.91. The van der Waals surface area contributed by atoms with E-state index in [1.165, 1.54) is 13.0 Å². The van der Waals surface area contributed by atoms with E-state index in [4.69, 9.17) is 5.73 Å². The standard InChI is InChI=1S/C13H21FN2O2S/c1-5-12(8(2)3)16-19(17,18)13-7-10(15)6-11(14)9(13)4/h6-8,12,16H,5,15H2,1-4H3. The zero-order valence-corrected chi connectivity index (χ0v) is 12.5. The van der Waals surface area contributed by atoms with Crippen molar-refractivity contribution in [2.45, 2.75) is 45.1 Å². The molecule has 1 atom stereocenters. The Balaban J connectivity index is 3.21. The van der Waals surface area contributed by atoms with Gasteiger partial charge in [-0.25, -0.2) is 17.5 Å². The number of sulfonamides is 1. The highest BCUT2D eigenvalue weighted by Gasteiger charge is 2.24. The number of benzene rings is 1. The van der Waals surface area contributed by atoms with E-state index in [-0.39, 0.29) is 28.1 Å². The first-order chi connectivity index (χ1) is 8.69. The third-order valence-corrected chi connectivity index (χ3v) is 4.78. The summed E-state index contributed by atoms with van der Waals surface area (Å²) in [5, 5.41) is 0. The highest BCUT2D eigenvalue weighted by atomic mass is 32.2. The molecule has 0 heterocycles. The average molecular weight is 288 g/mol. The Bertz CT molecular complexity index is 556. The minimum absolute atomic E-state index is 0.0836. The van der Waals surface area contributed by atoms with Crippen molar-refractivity contribution >= 4 is 15.7 Å². The lowest BCUT2D eigenvalue weighted by atomic mass is 10.0. The maximum atomic E-state index is 13.6. The zero-order chi connectivity index (χ0) is 14.8. The van der Waals surface area contributed by atoms with Gasteiger partial charge in [-0.05, 0) is 31.4 Å². The fraction of sp³-hybridized carbons (Fsp3) is 0.538. The molecule has 0 aromatic heterocycles. The van der Waals surface area contributed by atoms with Gasteiger partial charge in [0.15, 0.2) is 0 Å². The topological polar surface area (TPSA) is 72.2 Å². The van der Waals surface area contributed by atoms with Crippen molar-refractivity contribution in [3.05, 3.63) is 23.5 Å². The van der Waals surface area contributed by atoms with Crippen LogP contribution in [0.5, 0.6) is 0 Å². The SMILES string of the molecule is CCC(NS(=O)(=O)c1cc(N)cc(F)c1C)C(C)C. The van der Waals surface area contributed by atoms with E-state index in [2.05, 4.69) is 4.72 Å². The molecule has 0 radical (unpaired) electrons. The summed E-state index contributed by atoms with van der Waals surface area (Å²) in [6, 6.07) is 2.22. The van der Waals surface area contributed by atoms with Crippen LogP contribution in [-0.4, -0.2) is 14.5 Å². The van der Waals surface area contributed by atoms with Crippen LogP contribution in [0.4, 0.5) is 10.1 Å². The summed E-state index contributed by atoms with van der Waals surface area (Å²) < 4.78 is 40.8. The fourth-order valence-corrected chi connectivity index (χ4v) is 3.66. The second kappa shape index (κ2) is 5.88. The number of hydrogen-bond acceptors (Lipinski definition) is 3. The molecule has 1 aromatic carbocycles. The van der Waals surface area contributed by atoms with E-state index >= 15 is 0 Å². The van der Waals surface area contributed by atoms with Crippen molar-refractivity contribution in [2.75, 3.05) is 5.73 Å². The van der Waals surface area contributed by atoms with Crippen LogP contribution in [0.25, 0.3) is 0 Å². The van der Waals surface area contributed by atoms with E-state index in [1.54, 1.807) is 0 Å². The first kappa shape index (κ1) is 15.9. The Labute approximate surface area is 114 Å². The number of nitrogen functional groups attached to an aromatic ring is 1. The molecule has 3 N–H and O–H groups in total. The minimum Gasteiger partial charge on any atom is -0.399 e. The molecule has 0 bridgehead atoms. The Morgan fingerprint density at radius 2 is 1.95 bits per heavy atom. The van der Waals surface area contributed by atoms with Crippen molar-refractivity contribution in [3.8, 4) is 0 Å². The van der Waals surface area contributed by atoms with Gasteiger partial charge >= 0.3 is 0 Å². The van der Waals surface area contributed by atoms with E-state index in [0.717, 1.165) is 6.07 Å². The molecule has 19 heavy (non-hydrogen) atoms. The summed E-state index contributed by atoms with van der Waals surface area (Å²) in [5.74, 6) is -0.455. The molecule has 1 rings (SSSR count). The van der Waals surface area contributed by atoms with Crippen LogP contribution in [0.2, 0.25) is 0 Å². The van der Waals surface area contributed by atoms with E-state index < -0.39 is 15.8 Å². The lowest BCUT2D eigenvalue weighted by molar-refractivity contribution is 0.437. The zero-order valence-electron chi connectivity index (χ0n) is 11.7. The van der Waals surface area contributed by atoms with Gasteiger partial charge < -0.3 is 5.73 Å². The molecule has 0 fully saturated rings. The molecule has 1 aromatic rings. The van der Waals surface area contributed by atoms with Crippen LogP contribution in [0.3, 0.4) is 0 Å². The molecule has 4 nitrogen and oxygen atoms in total. The summed E-state index contributed by atoms with van der Waals surface area (Å²) in [4.78, 5) is -0.0934. The maximum absolute atomic E-state index is 13.6. The van der Waals surface area contributed by atoms with E-state index in [0.29, 0.717) is 6.42 Å². The second-order valence-electron chi connectivity index (χ2n) is 5.01. The molecular formula is C13H21FN2O2S. The molecule has 0 amide bonds. The minimum atomic E-state index is -3.76. The molecule has 0 aliphatic rings. The maximum Gasteiger partial charge on any atom is 0.241 e. The van der Waals surface area contributed by atoms with Crippen molar-refractivity contribution in [1.29, 1.82) is 0 Å². The molecule has 0 aliphatic carbocycles. The third-order valence-electron chi connectivity index (χ3n) is 3.16. The van der Waals surface area contributed by atoms with Gasteiger partial charge in [-0.1, -0.05) is 20.8 Å². The van der Waals surface area contributed by atoms with Gasteiger partial charge in [0.05, 0.1) is 4.90 Å². The number of nitrogens with one attached hydrogen (secondary N) is 1. The molecule has 0 spiro atoms. The molecular weight excluding hydrogens is 267 g/mol. The first-order valence-corrected chi connectivity index (χ1v) is 7.75. The van der Waals surface area contributed by atoms with Gasteiger partial charge in [0.25, 0.3) is 0 Å². The van der Waals surface area contributed by atoms with Crippen molar-refractivity contribution in [2.24, 2.45) is 5.92 Å². The number of halogens is 1. The molecule has 1 unspecified atom stereocenters. The quantitative estimate of drug-likeness (QED) is 0.817. The summed E-state index contributed by atoms with van der Waals surface area (Å²) in [5.41, 5.74) is 5.70. The Hall–Kier alpha value is -1.14. The third kappa shape index (κ3) is 3.67. The Kier molecular flexibility index (Phi) is 4.92. The molecule has 0 aliphatic heterocycles. The van der Waals surface area contributed by atoms with E-state index in [1.807, 2.05) is 20.8 Å². The van der Waals surface area contributed by atoms with Gasteiger partial charge in [-0.3, -0.25) is 0 Å². The van der Waals surface area contributed by atoms with Gasteiger partial charge in [-0.2, -0.15) is 0 Å². The van der Waals surface area contributed by atoms with Gasteiger partial charge in [0.2, 0.25) is 10.0 Å². The number of rotatable bonds is 5. The lowest BCUT2D eigenvalue weighted by Crippen LogP contribution is -2.38. The summed E-state index contributed by atoms with van der Waals surface area (Å²) in [6.07, 6.45) is 0.667. The van der Waals surface area contributed by atoms with Crippen molar-refractivity contribution < 1.29 is 12.8 Å². The van der Waals surface area contributed by atoms with Crippen LogP contribution in [0, 0.1) is 18.7 Å². The number of nitrogens with two attached hydrogens (primary N) is 1. The van der Waals surface area contributed by atoms with Crippen LogP contribution in [0.1, 0.15) is 32.8 Å². The highest BCUT2D eigenvalue weighted by molar-refractivity contribution is 7.89. The Morgan fingerprint density at radius 3 is 2.42 bits per heavy atom. The molecule has 6 heteroatoms. The van der Waals surface area contributed by atoms with Gasteiger partial charge in [-0.15, -0.1) is 0 Å². The molecule has 0 saturated carbocycles. The summed E-state index contributed by atoms with van der Waals surface area (Å²) in [7, 11) is -3.76. The van der Waals surface area contributed by atoms with Crippen LogP contribution in [0.15, 0.2) is 17.0 Å². The highest BCUT2D eigenvalue weighted by Crippen LogP contribution is 2.22. The number of anilines is 1. The lowest BCUT2D eigenvalue weighted by Gasteiger charge is -2.21. The van der Waals surface area contributed by atoms with Crippen LogP contribution in [-0.2, 0) is 10.0 Å². The summed E-state index contributed by atoms with van der Waals surface area (Å²) in [6.45, 7) is 7.20. The van der Waals surface area contributed by atoms with Crippen molar-refractivity contribution in [3.63, 3.8) is 0 Å². The van der Waals surface area contributed by atoms with Crippen LogP contribution >= 0.6 is 0 Å². The monoisotopic (exact) mass is 288 g/mol. The summed E-state index contributed by atoms with van der Waals surface area (Å²) >= 11 is 0. The number of hydrogen-bond donors (Lipinski definition) is 2. The molecule has 108 valence electrons. The first-order valence-electron chi connectivity index (χ1n) is 6.27. The average Bonchev–Trinajstić information content (AvgIpc) is 2.30. The van der Waals surface area contributed by atoms with Crippen LogP contribution < -0.4 is 10.5 Å². The largest absolute Gasteiger partial charge is 0.399 e. The molecule has 0 saturated heterocycles.